The Bertz CT molecular complexity index is 837. The van der Waals surface area contributed by atoms with Crippen LogP contribution in [0.2, 0.25) is 0 Å². The highest BCUT2D eigenvalue weighted by molar-refractivity contribution is 5.97. The highest BCUT2D eigenvalue weighted by atomic mass is 16.5. The topological polar surface area (TPSA) is 64.3 Å². The summed E-state index contributed by atoms with van der Waals surface area (Å²) in [6.45, 7) is 4.36. The van der Waals surface area contributed by atoms with Gasteiger partial charge in [-0.05, 0) is 61.9 Å². The molecule has 0 aliphatic rings. The van der Waals surface area contributed by atoms with Crippen molar-refractivity contribution in [2.75, 3.05) is 19.7 Å². The third kappa shape index (κ3) is 14.3. The standard InChI is InChI=1S/C33H52N2O2/c1-2-3-4-5-6-7-8-9-12-18-27-37-32-24-23-30(22-21-29-19-14-13-15-20-29)28-31(32)33(36)35-26-17-11-10-16-25-34/h13-15,19-20,23-24,28H,2-12,16-18,21-22,25-27,34H2,1H3,(H,35,36). The maximum atomic E-state index is 13.1. The summed E-state index contributed by atoms with van der Waals surface area (Å²) in [6.07, 6.45) is 19.1. The molecule has 0 aromatic heterocycles. The van der Waals surface area contributed by atoms with Crippen molar-refractivity contribution in [1.29, 1.82) is 0 Å². The van der Waals surface area contributed by atoms with Crippen LogP contribution in [-0.2, 0) is 12.8 Å². The van der Waals surface area contributed by atoms with Crippen LogP contribution in [0, 0.1) is 0 Å². The number of carbonyl (C=O) groups is 1. The van der Waals surface area contributed by atoms with E-state index in [-0.39, 0.29) is 5.91 Å². The fourth-order valence-electron chi connectivity index (χ4n) is 4.66. The summed E-state index contributed by atoms with van der Waals surface area (Å²) in [4.78, 5) is 13.1. The maximum Gasteiger partial charge on any atom is 0.255 e. The predicted octanol–water partition coefficient (Wildman–Crippen LogP) is 8.02. The average molecular weight is 509 g/mol. The summed E-state index contributed by atoms with van der Waals surface area (Å²) in [5.41, 5.74) is 8.73. The van der Waals surface area contributed by atoms with Gasteiger partial charge in [0.15, 0.2) is 0 Å². The number of unbranched alkanes of at least 4 members (excludes halogenated alkanes) is 12. The summed E-state index contributed by atoms with van der Waals surface area (Å²) in [7, 11) is 0. The van der Waals surface area contributed by atoms with Gasteiger partial charge in [0.25, 0.3) is 5.91 Å². The van der Waals surface area contributed by atoms with Crippen LogP contribution in [0.1, 0.15) is 118 Å². The number of hydrogen-bond donors (Lipinski definition) is 2. The molecule has 2 aromatic rings. The Kier molecular flexibility index (Phi) is 17.3. The number of rotatable bonds is 22. The molecule has 0 saturated carbocycles. The monoisotopic (exact) mass is 508 g/mol. The first kappa shape index (κ1) is 30.9. The minimum absolute atomic E-state index is 0.0292. The second-order valence-corrected chi connectivity index (χ2v) is 10.3. The second kappa shape index (κ2) is 20.7. The van der Waals surface area contributed by atoms with Crippen molar-refractivity contribution in [1.82, 2.24) is 5.32 Å². The molecule has 4 nitrogen and oxygen atoms in total. The highest BCUT2D eigenvalue weighted by Gasteiger charge is 2.14. The maximum absolute atomic E-state index is 13.1. The van der Waals surface area contributed by atoms with E-state index in [4.69, 9.17) is 10.5 Å². The fraction of sp³-hybridized carbons (Fsp3) is 0.606. The first-order valence-corrected chi connectivity index (χ1v) is 15.0. The molecule has 0 bridgehead atoms. The van der Waals surface area contributed by atoms with E-state index in [9.17, 15) is 4.79 Å². The molecule has 0 spiro atoms. The van der Waals surface area contributed by atoms with Gasteiger partial charge in [0, 0.05) is 6.54 Å². The SMILES string of the molecule is CCCCCCCCCCCCOc1ccc(CCc2ccccc2)cc1C(=O)NCCCCCCN. The van der Waals surface area contributed by atoms with Gasteiger partial charge in [0.2, 0.25) is 0 Å². The van der Waals surface area contributed by atoms with Gasteiger partial charge in [-0.15, -0.1) is 0 Å². The molecule has 0 fully saturated rings. The lowest BCUT2D eigenvalue weighted by Gasteiger charge is -2.14. The van der Waals surface area contributed by atoms with Crippen LogP contribution in [0.5, 0.6) is 5.75 Å². The predicted molar refractivity (Wildman–Crippen MR) is 157 cm³/mol. The van der Waals surface area contributed by atoms with Crippen molar-refractivity contribution >= 4 is 5.91 Å². The second-order valence-electron chi connectivity index (χ2n) is 10.3. The molecular weight excluding hydrogens is 456 g/mol. The van der Waals surface area contributed by atoms with E-state index in [1.165, 1.54) is 68.9 Å². The van der Waals surface area contributed by atoms with Gasteiger partial charge >= 0.3 is 0 Å². The quantitative estimate of drug-likeness (QED) is 0.158. The normalized spacial score (nSPS) is 11.0. The first-order chi connectivity index (χ1) is 18.2. The molecule has 2 aromatic carbocycles. The Balaban J connectivity index is 1.81. The van der Waals surface area contributed by atoms with Crippen LogP contribution in [-0.4, -0.2) is 25.6 Å². The molecule has 206 valence electrons. The lowest BCUT2D eigenvalue weighted by atomic mass is 10.0. The van der Waals surface area contributed by atoms with Crippen LogP contribution in [0.15, 0.2) is 48.5 Å². The van der Waals surface area contributed by atoms with Crippen molar-refractivity contribution in [3.05, 3.63) is 65.2 Å². The van der Waals surface area contributed by atoms with E-state index < -0.39 is 0 Å². The smallest absolute Gasteiger partial charge is 0.255 e. The van der Waals surface area contributed by atoms with Crippen LogP contribution in [0.4, 0.5) is 0 Å². The third-order valence-corrected chi connectivity index (χ3v) is 7.01. The van der Waals surface area contributed by atoms with Crippen molar-refractivity contribution in [2.45, 2.75) is 110 Å². The van der Waals surface area contributed by atoms with E-state index in [2.05, 4.69) is 42.6 Å². The Morgan fingerprint density at radius 1 is 0.730 bits per heavy atom. The Labute approximate surface area is 226 Å². The van der Waals surface area contributed by atoms with Crippen LogP contribution < -0.4 is 15.8 Å². The highest BCUT2D eigenvalue weighted by Crippen LogP contribution is 2.22. The molecule has 0 heterocycles. The summed E-state index contributed by atoms with van der Waals surface area (Å²) in [6, 6.07) is 16.6. The lowest BCUT2D eigenvalue weighted by molar-refractivity contribution is 0.0948. The minimum Gasteiger partial charge on any atom is -0.493 e. The van der Waals surface area contributed by atoms with Crippen molar-refractivity contribution in [3.8, 4) is 5.75 Å². The van der Waals surface area contributed by atoms with Gasteiger partial charge < -0.3 is 15.8 Å². The Hall–Kier alpha value is -2.33. The summed E-state index contributed by atoms with van der Waals surface area (Å²) >= 11 is 0. The van der Waals surface area contributed by atoms with Crippen LogP contribution in [0.25, 0.3) is 0 Å². The molecule has 0 atom stereocenters. The van der Waals surface area contributed by atoms with Crippen LogP contribution >= 0.6 is 0 Å². The zero-order valence-electron chi connectivity index (χ0n) is 23.4. The molecular formula is C33H52N2O2. The van der Waals surface area contributed by atoms with Crippen molar-refractivity contribution in [3.63, 3.8) is 0 Å². The number of nitrogens with two attached hydrogens (primary N) is 1. The molecule has 0 radical (unpaired) electrons. The average Bonchev–Trinajstić information content (AvgIpc) is 2.93. The largest absolute Gasteiger partial charge is 0.493 e. The minimum atomic E-state index is -0.0292. The third-order valence-electron chi connectivity index (χ3n) is 7.01. The molecule has 2 rings (SSSR count). The van der Waals surface area contributed by atoms with Crippen molar-refractivity contribution < 1.29 is 9.53 Å². The lowest BCUT2D eigenvalue weighted by Crippen LogP contribution is -2.25. The van der Waals surface area contributed by atoms with Gasteiger partial charge in [-0.2, -0.15) is 0 Å². The number of aryl methyl sites for hydroxylation is 2. The van der Waals surface area contributed by atoms with E-state index in [0.29, 0.717) is 24.5 Å². The number of benzene rings is 2. The van der Waals surface area contributed by atoms with Gasteiger partial charge in [-0.3, -0.25) is 4.79 Å². The number of amides is 1. The van der Waals surface area contributed by atoms with E-state index >= 15 is 0 Å². The Morgan fingerprint density at radius 2 is 1.35 bits per heavy atom. The van der Waals surface area contributed by atoms with Gasteiger partial charge in [0.1, 0.15) is 5.75 Å². The van der Waals surface area contributed by atoms with Gasteiger partial charge in [0.05, 0.1) is 12.2 Å². The van der Waals surface area contributed by atoms with Gasteiger partial charge in [-0.25, -0.2) is 0 Å². The molecule has 0 aliphatic carbocycles. The number of nitrogens with one attached hydrogen (secondary N) is 1. The summed E-state index contributed by atoms with van der Waals surface area (Å²) < 4.78 is 6.13. The Morgan fingerprint density at radius 3 is 2.05 bits per heavy atom. The molecule has 0 saturated heterocycles. The van der Waals surface area contributed by atoms with Crippen molar-refractivity contribution in [2.24, 2.45) is 5.73 Å². The van der Waals surface area contributed by atoms with E-state index in [1.54, 1.807) is 0 Å². The van der Waals surface area contributed by atoms with E-state index in [0.717, 1.165) is 51.5 Å². The molecule has 0 aliphatic heterocycles. The molecule has 3 N–H and O–H groups in total. The van der Waals surface area contributed by atoms with Gasteiger partial charge in [-0.1, -0.05) is 114 Å². The molecule has 4 heteroatoms. The molecule has 0 unspecified atom stereocenters. The number of carbonyl (C=O) groups excluding carboxylic acids is 1. The zero-order chi connectivity index (χ0) is 26.4. The first-order valence-electron chi connectivity index (χ1n) is 15.0. The fourth-order valence-corrected chi connectivity index (χ4v) is 4.66. The van der Waals surface area contributed by atoms with E-state index in [1.807, 2.05) is 18.2 Å². The molecule has 1 amide bonds. The van der Waals surface area contributed by atoms with Crippen LogP contribution in [0.3, 0.4) is 0 Å². The number of ether oxygens (including phenoxy) is 1. The number of hydrogen-bond acceptors (Lipinski definition) is 3. The molecule has 37 heavy (non-hydrogen) atoms. The zero-order valence-corrected chi connectivity index (χ0v) is 23.4. The summed E-state index contributed by atoms with van der Waals surface area (Å²) in [5, 5.41) is 3.11. The summed E-state index contributed by atoms with van der Waals surface area (Å²) in [5.74, 6) is 0.679.